The van der Waals surface area contributed by atoms with Crippen LogP contribution in [0.25, 0.3) is 0 Å². The molecule has 0 aromatic carbocycles. The number of nitrogens with zero attached hydrogens (tertiary/aromatic N) is 2. The molecule has 0 spiro atoms. The Morgan fingerprint density at radius 3 is 3.12 bits per heavy atom. The Hall–Kier alpha value is -0.450. The van der Waals surface area contributed by atoms with Gasteiger partial charge in [-0.25, -0.2) is 4.98 Å². The van der Waals surface area contributed by atoms with Gasteiger partial charge < -0.3 is 5.32 Å². The number of nitrogens with one attached hydrogen (secondary N) is 1. The van der Waals surface area contributed by atoms with Crippen molar-refractivity contribution < 1.29 is 0 Å². The number of aromatic nitrogens is 1. The van der Waals surface area contributed by atoms with Crippen LogP contribution in [0.5, 0.6) is 0 Å². The van der Waals surface area contributed by atoms with Crippen molar-refractivity contribution in [2.24, 2.45) is 0 Å². The summed E-state index contributed by atoms with van der Waals surface area (Å²) in [4.78, 5) is 7.01. The molecule has 0 bridgehead atoms. The van der Waals surface area contributed by atoms with E-state index in [1.165, 1.54) is 31.6 Å². The Morgan fingerprint density at radius 1 is 1.62 bits per heavy atom. The largest absolute Gasteiger partial charge is 0.310 e. The minimum atomic E-state index is 0.781. The van der Waals surface area contributed by atoms with Crippen LogP contribution in [0.2, 0.25) is 0 Å². The van der Waals surface area contributed by atoms with Crippen LogP contribution in [0, 0.1) is 6.92 Å². The summed E-state index contributed by atoms with van der Waals surface area (Å²) in [6.07, 6.45) is 2.73. The molecule has 2 rings (SSSR count). The molecule has 1 aromatic rings. The third kappa shape index (κ3) is 3.27. The maximum absolute atomic E-state index is 4.44. The lowest BCUT2D eigenvalue weighted by molar-refractivity contribution is 0.268. The molecule has 2 heterocycles. The number of rotatable bonds is 5. The highest BCUT2D eigenvalue weighted by Gasteiger charge is 2.18. The molecule has 0 radical (unpaired) electrons. The summed E-state index contributed by atoms with van der Waals surface area (Å²) in [7, 11) is 0. The van der Waals surface area contributed by atoms with E-state index in [2.05, 4.69) is 34.4 Å². The number of hydrogen-bond acceptors (Lipinski definition) is 4. The summed E-state index contributed by atoms with van der Waals surface area (Å²) in [5, 5.41) is 6.76. The van der Waals surface area contributed by atoms with Crippen LogP contribution < -0.4 is 5.32 Å². The minimum Gasteiger partial charge on any atom is -0.310 e. The van der Waals surface area contributed by atoms with Gasteiger partial charge in [0.1, 0.15) is 0 Å². The van der Waals surface area contributed by atoms with E-state index >= 15 is 0 Å². The molecule has 90 valence electrons. The van der Waals surface area contributed by atoms with Crippen LogP contribution in [-0.4, -0.2) is 35.6 Å². The summed E-state index contributed by atoms with van der Waals surface area (Å²) in [6, 6.07) is 0.781. The zero-order valence-electron chi connectivity index (χ0n) is 10.2. The molecule has 1 saturated heterocycles. The van der Waals surface area contributed by atoms with Gasteiger partial charge in [0.05, 0.1) is 10.7 Å². The number of likely N-dealkylation sites (tertiary alicyclic amines) is 1. The minimum absolute atomic E-state index is 0.781. The SMILES string of the molecule is Cc1nc(CNCCN2CCCC2C)cs1. The normalized spacial score (nSPS) is 21.8. The molecule has 1 aliphatic rings. The maximum Gasteiger partial charge on any atom is 0.0897 e. The van der Waals surface area contributed by atoms with E-state index in [9.17, 15) is 0 Å². The first-order valence-electron chi connectivity index (χ1n) is 6.11. The summed E-state index contributed by atoms with van der Waals surface area (Å²) < 4.78 is 0. The van der Waals surface area contributed by atoms with E-state index in [0.29, 0.717) is 0 Å². The Balaban J connectivity index is 1.61. The molecule has 1 aliphatic heterocycles. The van der Waals surface area contributed by atoms with Crippen molar-refractivity contribution in [3.8, 4) is 0 Å². The molecule has 1 fully saturated rings. The van der Waals surface area contributed by atoms with Gasteiger partial charge in [-0.3, -0.25) is 4.90 Å². The second-order valence-corrected chi connectivity index (χ2v) is 5.62. The van der Waals surface area contributed by atoms with E-state index in [1.807, 2.05) is 0 Å². The predicted molar refractivity (Wildman–Crippen MR) is 68.8 cm³/mol. The lowest BCUT2D eigenvalue weighted by Gasteiger charge is -2.20. The van der Waals surface area contributed by atoms with Gasteiger partial charge in [0.15, 0.2) is 0 Å². The zero-order valence-corrected chi connectivity index (χ0v) is 11.0. The second-order valence-electron chi connectivity index (χ2n) is 4.56. The van der Waals surface area contributed by atoms with Gasteiger partial charge in [0, 0.05) is 31.1 Å². The monoisotopic (exact) mass is 239 g/mol. The molecule has 1 unspecified atom stereocenters. The van der Waals surface area contributed by atoms with Crippen LogP contribution in [-0.2, 0) is 6.54 Å². The Morgan fingerprint density at radius 2 is 2.50 bits per heavy atom. The summed E-state index contributed by atoms with van der Waals surface area (Å²) >= 11 is 1.73. The lowest BCUT2D eigenvalue weighted by Crippen LogP contribution is -2.34. The van der Waals surface area contributed by atoms with E-state index < -0.39 is 0 Å². The van der Waals surface area contributed by atoms with Gasteiger partial charge in [-0.1, -0.05) is 0 Å². The topological polar surface area (TPSA) is 28.2 Å². The van der Waals surface area contributed by atoms with Crippen LogP contribution in [0.4, 0.5) is 0 Å². The highest BCUT2D eigenvalue weighted by Crippen LogP contribution is 2.15. The number of aryl methyl sites for hydroxylation is 1. The molecular weight excluding hydrogens is 218 g/mol. The first kappa shape index (κ1) is 12.0. The van der Waals surface area contributed by atoms with Gasteiger partial charge in [0.2, 0.25) is 0 Å². The summed E-state index contributed by atoms with van der Waals surface area (Å²) in [5.74, 6) is 0. The van der Waals surface area contributed by atoms with Crippen molar-refractivity contribution >= 4 is 11.3 Å². The quantitative estimate of drug-likeness (QED) is 0.797. The van der Waals surface area contributed by atoms with Crippen molar-refractivity contribution in [3.05, 3.63) is 16.1 Å². The second kappa shape index (κ2) is 5.75. The van der Waals surface area contributed by atoms with Crippen LogP contribution >= 0.6 is 11.3 Å². The smallest absolute Gasteiger partial charge is 0.0897 e. The standard InChI is InChI=1S/C12H21N3S/c1-10-4-3-6-15(10)7-5-13-8-12-9-16-11(2)14-12/h9-10,13H,3-8H2,1-2H3. The van der Waals surface area contributed by atoms with Crippen LogP contribution in [0.15, 0.2) is 5.38 Å². The molecule has 0 saturated carbocycles. The van der Waals surface area contributed by atoms with Crippen molar-refractivity contribution in [2.45, 2.75) is 39.3 Å². The summed E-state index contributed by atoms with van der Waals surface area (Å²) in [6.45, 7) is 8.81. The van der Waals surface area contributed by atoms with Gasteiger partial charge in [0.25, 0.3) is 0 Å². The first-order chi connectivity index (χ1) is 7.75. The average Bonchev–Trinajstić information content (AvgIpc) is 2.83. The lowest BCUT2D eigenvalue weighted by atomic mass is 10.2. The van der Waals surface area contributed by atoms with E-state index in [4.69, 9.17) is 0 Å². The third-order valence-electron chi connectivity index (χ3n) is 3.24. The first-order valence-corrected chi connectivity index (χ1v) is 6.99. The van der Waals surface area contributed by atoms with Gasteiger partial charge in [-0.2, -0.15) is 0 Å². The fourth-order valence-corrected chi connectivity index (χ4v) is 2.87. The fraction of sp³-hybridized carbons (Fsp3) is 0.750. The van der Waals surface area contributed by atoms with Crippen molar-refractivity contribution in [1.82, 2.24) is 15.2 Å². The van der Waals surface area contributed by atoms with E-state index in [-0.39, 0.29) is 0 Å². The fourth-order valence-electron chi connectivity index (χ4n) is 2.25. The highest BCUT2D eigenvalue weighted by molar-refractivity contribution is 7.09. The Labute approximate surface area is 102 Å². The molecule has 1 N–H and O–H groups in total. The molecule has 0 aliphatic carbocycles. The number of hydrogen-bond donors (Lipinski definition) is 1. The molecule has 1 aromatic heterocycles. The predicted octanol–water partition coefficient (Wildman–Crippen LogP) is 2.03. The third-order valence-corrected chi connectivity index (χ3v) is 4.06. The molecule has 3 nitrogen and oxygen atoms in total. The van der Waals surface area contributed by atoms with Crippen molar-refractivity contribution in [1.29, 1.82) is 0 Å². The molecular formula is C12H21N3S. The highest BCUT2D eigenvalue weighted by atomic mass is 32.1. The molecule has 4 heteroatoms. The maximum atomic E-state index is 4.44. The van der Waals surface area contributed by atoms with Gasteiger partial charge in [-0.05, 0) is 33.2 Å². The number of thiazole rings is 1. The van der Waals surface area contributed by atoms with Crippen molar-refractivity contribution in [2.75, 3.05) is 19.6 Å². The van der Waals surface area contributed by atoms with Crippen molar-refractivity contribution in [3.63, 3.8) is 0 Å². The summed E-state index contributed by atoms with van der Waals surface area (Å²) in [5.41, 5.74) is 1.18. The van der Waals surface area contributed by atoms with Gasteiger partial charge in [-0.15, -0.1) is 11.3 Å². The Kier molecular flexibility index (Phi) is 4.32. The molecule has 1 atom stereocenters. The van der Waals surface area contributed by atoms with E-state index in [1.54, 1.807) is 11.3 Å². The van der Waals surface area contributed by atoms with E-state index in [0.717, 1.165) is 24.1 Å². The molecule has 0 amide bonds. The van der Waals surface area contributed by atoms with Crippen LogP contribution in [0.1, 0.15) is 30.5 Å². The Bertz CT molecular complexity index is 324. The average molecular weight is 239 g/mol. The van der Waals surface area contributed by atoms with Gasteiger partial charge >= 0.3 is 0 Å². The van der Waals surface area contributed by atoms with Crippen LogP contribution in [0.3, 0.4) is 0 Å². The molecule has 16 heavy (non-hydrogen) atoms. The zero-order chi connectivity index (χ0) is 11.4.